The van der Waals surface area contributed by atoms with E-state index in [9.17, 15) is 22.0 Å². The van der Waals surface area contributed by atoms with Gasteiger partial charge in [0.25, 0.3) is 11.5 Å². The first-order valence-corrected chi connectivity index (χ1v) is 16.8. The monoisotopic (exact) mass is 633 g/mol. The fourth-order valence-corrected chi connectivity index (χ4v) is 8.45. The number of fused-ring (bicyclic) bond motifs is 2. The molecule has 6 rings (SSSR count). The van der Waals surface area contributed by atoms with Gasteiger partial charge in [-0.05, 0) is 84.5 Å². The van der Waals surface area contributed by atoms with E-state index in [-0.39, 0.29) is 47.6 Å². The molecular weight excluding hydrogens is 595 g/mol. The van der Waals surface area contributed by atoms with Crippen molar-refractivity contribution >= 4 is 32.8 Å². The molecule has 2 aromatic heterocycles. The van der Waals surface area contributed by atoms with Crippen LogP contribution in [0.15, 0.2) is 29.2 Å². The Bertz CT molecular complexity index is 1730. The maximum Gasteiger partial charge on any atom is 0.278 e. The number of halogens is 3. The number of nitrogens with one attached hydrogen (secondary N) is 2. The summed E-state index contributed by atoms with van der Waals surface area (Å²) >= 11 is 0. The summed E-state index contributed by atoms with van der Waals surface area (Å²) < 4.78 is 71.3. The highest BCUT2D eigenvalue weighted by molar-refractivity contribution is 7.92. The van der Waals surface area contributed by atoms with Crippen molar-refractivity contribution in [1.82, 2.24) is 24.4 Å². The maximum absolute atomic E-state index is 15.2. The second-order valence-electron chi connectivity index (χ2n) is 13.0. The zero-order chi connectivity index (χ0) is 31.6. The minimum atomic E-state index is -3.98. The van der Waals surface area contributed by atoms with Gasteiger partial charge in [0.15, 0.2) is 5.65 Å². The predicted molar refractivity (Wildman–Crippen MR) is 163 cm³/mol. The maximum atomic E-state index is 15.2. The average Bonchev–Trinajstić information content (AvgIpc) is 3.24. The number of sulfonamides is 1. The van der Waals surface area contributed by atoms with Crippen molar-refractivity contribution in [1.29, 1.82) is 0 Å². The van der Waals surface area contributed by atoms with Gasteiger partial charge < -0.3 is 10.2 Å². The summed E-state index contributed by atoms with van der Waals surface area (Å²) in [4.78, 5) is 29.5. The van der Waals surface area contributed by atoms with E-state index in [0.29, 0.717) is 23.2 Å². The zero-order valence-electron chi connectivity index (χ0n) is 25.2. The fourth-order valence-electron chi connectivity index (χ4n) is 6.98. The number of alkyl halides is 2. The highest BCUT2D eigenvalue weighted by Crippen LogP contribution is 2.65. The number of anilines is 2. The summed E-state index contributed by atoms with van der Waals surface area (Å²) in [5, 5.41) is 3.40. The zero-order valence-corrected chi connectivity index (χ0v) is 26.0. The van der Waals surface area contributed by atoms with Crippen LogP contribution in [0, 0.1) is 23.6 Å². The summed E-state index contributed by atoms with van der Waals surface area (Å²) in [6.45, 7) is 3.69. The molecule has 2 N–H and O–H groups in total. The molecule has 3 saturated carbocycles. The lowest BCUT2D eigenvalue weighted by atomic mass is 9.91. The van der Waals surface area contributed by atoms with Crippen molar-refractivity contribution in [3.05, 3.63) is 40.6 Å². The van der Waals surface area contributed by atoms with Gasteiger partial charge in [0.2, 0.25) is 16.0 Å². The minimum absolute atomic E-state index is 0.0167. The number of hydrogen-bond donors (Lipinski definition) is 2. The van der Waals surface area contributed by atoms with Crippen molar-refractivity contribution in [2.45, 2.75) is 76.4 Å². The smallest absolute Gasteiger partial charge is 0.278 e. The highest BCUT2D eigenvalue weighted by atomic mass is 32.2. The molecule has 0 bridgehead atoms. The second-order valence-corrected chi connectivity index (χ2v) is 14.8. The van der Waals surface area contributed by atoms with Crippen molar-refractivity contribution in [2.24, 2.45) is 17.8 Å². The molecule has 0 amide bonds. The van der Waals surface area contributed by atoms with E-state index in [0.717, 1.165) is 31.7 Å². The predicted octanol–water partition coefficient (Wildman–Crippen LogP) is 4.89. The lowest BCUT2D eigenvalue weighted by Gasteiger charge is -2.32. The molecular formula is C30H38F3N7O3S. The van der Waals surface area contributed by atoms with E-state index >= 15 is 4.39 Å². The Morgan fingerprint density at radius 2 is 1.77 bits per heavy atom. The average molecular weight is 634 g/mol. The van der Waals surface area contributed by atoms with Crippen LogP contribution in [0.5, 0.6) is 0 Å². The van der Waals surface area contributed by atoms with Crippen LogP contribution in [0.25, 0.3) is 22.4 Å². The summed E-state index contributed by atoms with van der Waals surface area (Å²) in [5.74, 6) is -5.39. The van der Waals surface area contributed by atoms with E-state index in [1.54, 1.807) is 6.20 Å². The van der Waals surface area contributed by atoms with Crippen LogP contribution in [0.1, 0.15) is 58.4 Å². The Hall–Kier alpha value is -3.26. The molecule has 10 nitrogen and oxygen atoms in total. The van der Waals surface area contributed by atoms with Crippen LogP contribution >= 0.6 is 0 Å². The van der Waals surface area contributed by atoms with Crippen LogP contribution in [-0.4, -0.2) is 70.7 Å². The van der Waals surface area contributed by atoms with E-state index in [1.807, 2.05) is 13.8 Å². The molecule has 14 heteroatoms. The van der Waals surface area contributed by atoms with Gasteiger partial charge >= 0.3 is 0 Å². The largest absolute Gasteiger partial charge is 0.351 e. The van der Waals surface area contributed by atoms with Gasteiger partial charge in [0.05, 0.1) is 17.6 Å². The molecule has 0 radical (unpaired) electrons. The van der Waals surface area contributed by atoms with Crippen LogP contribution in [0.4, 0.5) is 24.8 Å². The van der Waals surface area contributed by atoms with Crippen molar-refractivity contribution in [3.63, 3.8) is 0 Å². The lowest BCUT2D eigenvalue weighted by molar-refractivity contribution is 0.0656. The summed E-state index contributed by atoms with van der Waals surface area (Å²) in [6, 6.07) is 4.21. The van der Waals surface area contributed by atoms with Crippen molar-refractivity contribution in [3.8, 4) is 11.3 Å². The summed E-state index contributed by atoms with van der Waals surface area (Å²) in [6.07, 6.45) is 5.94. The number of hydrogen-bond acceptors (Lipinski definition) is 8. The van der Waals surface area contributed by atoms with E-state index in [4.69, 9.17) is 0 Å². The molecule has 2 heterocycles. The van der Waals surface area contributed by atoms with Gasteiger partial charge in [-0.3, -0.25) is 14.1 Å². The molecule has 238 valence electrons. The Labute approximate surface area is 254 Å². The number of benzene rings is 1. The van der Waals surface area contributed by atoms with E-state index in [1.165, 1.54) is 16.7 Å². The Morgan fingerprint density at radius 1 is 1.09 bits per heavy atom. The topological polar surface area (TPSA) is 122 Å². The molecule has 3 aliphatic rings. The van der Waals surface area contributed by atoms with E-state index < -0.39 is 45.1 Å². The molecule has 0 spiro atoms. The SMILES string of the molecule is CC(C)n1c(=O)c(-c2ccc(NS(=O)(=O)CC3CC4C(C3)C4(F)F)c(F)c2)nc2cnc(N[C@H]3CC[C@H](N(C)C)CC3)nc21. The third-order valence-corrected chi connectivity index (χ3v) is 10.9. The number of nitrogens with zero attached hydrogens (tertiary/aromatic N) is 5. The van der Waals surface area contributed by atoms with Crippen LogP contribution in [0.3, 0.4) is 0 Å². The van der Waals surface area contributed by atoms with Crippen molar-refractivity contribution < 1.29 is 21.6 Å². The molecule has 3 aliphatic carbocycles. The molecule has 44 heavy (non-hydrogen) atoms. The molecule has 2 unspecified atom stereocenters. The van der Waals surface area contributed by atoms with Gasteiger partial charge in [-0.15, -0.1) is 0 Å². The first kappa shape index (κ1) is 30.8. The molecule has 2 atom stereocenters. The summed E-state index contributed by atoms with van der Waals surface area (Å²) in [7, 11) is 0.211. The molecule has 0 saturated heterocycles. The van der Waals surface area contributed by atoms with Gasteiger partial charge in [-0.1, -0.05) is 6.07 Å². The molecule has 1 aromatic carbocycles. The second kappa shape index (κ2) is 11.3. The summed E-state index contributed by atoms with van der Waals surface area (Å²) in [5.41, 5.74) is 0.126. The first-order chi connectivity index (χ1) is 20.7. The Balaban J connectivity index is 1.21. The highest BCUT2D eigenvalue weighted by Gasteiger charge is 2.71. The molecule has 0 aliphatic heterocycles. The number of aromatic nitrogens is 4. The quantitative estimate of drug-likeness (QED) is 0.342. The minimum Gasteiger partial charge on any atom is -0.351 e. The number of rotatable bonds is 9. The first-order valence-electron chi connectivity index (χ1n) is 15.1. The van der Waals surface area contributed by atoms with Crippen LogP contribution < -0.4 is 15.6 Å². The lowest BCUT2D eigenvalue weighted by Crippen LogP contribution is -2.36. The molecule has 3 fully saturated rings. The van der Waals surface area contributed by atoms with Gasteiger partial charge in [0.1, 0.15) is 17.0 Å². The van der Waals surface area contributed by atoms with E-state index in [2.05, 4.69) is 44.0 Å². The van der Waals surface area contributed by atoms with Gasteiger partial charge in [-0.2, -0.15) is 4.98 Å². The molecule has 3 aromatic rings. The third kappa shape index (κ3) is 5.90. The van der Waals surface area contributed by atoms with Crippen LogP contribution in [-0.2, 0) is 10.0 Å². The fraction of sp³-hybridized carbons (Fsp3) is 0.600. The van der Waals surface area contributed by atoms with Gasteiger partial charge in [-0.25, -0.2) is 31.6 Å². The normalized spacial score (nSPS) is 26.2. The Morgan fingerprint density at radius 3 is 2.39 bits per heavy atom. The Kier molecular flexibility index (Phi) is 7.88. The van der Waals surface area contributed by atoms with Crippen molar-refractivity contribution in [2.75, 3.05) is 29.9 Å². The third-order valence-electron chi connectivity index (χ3n) is 9.41. The standard InChI is InChI=1S/C30H38F3N7O3S/c1-16(2)40-27-25(14-34-29(37-27)35-19-6-8-20(9-7-19)39(3)4)36-26(28(40)41)18-5-10-24(23(31)13-18)38-44(42,43)15-17-11-21-22(12-17)30(21,32)33/h5,10,13-14,16-17,19-22,38H,6-9,11-12,15H2,1-4H3,(H,34,35,37)/t17?,19-,20-,21?,22?. The van der Waals surface area contributed by atoms with Gasteiger partial charge in [0, 0.05) is 35.5 Å². The van der Waals surface area contributed by atoms with Crippen LogP contribution in [0.2, 0.25) is 0 Å².